The third kappa shape index (κ3) is 2.80. The van der Waals surface area contributed by atoms with Crippen molar-refractivity contribution in [3.63, 3.8) is 0 Å². The number of aromatic nitrogens is 1. The first-order valence-electron chi connectivity index (χ1n) is 6.47. The molecule has 0 saturated heterocycles. The lowest BCUT2D eigenvalue weighted by Gasteiger charge is -2.02. The standard InChI is InChI=1S/C16H10ClN3O2/c17-16-14-2-1-3-15(13(14)8-9-18-16)19-10-11-4-6-12(7-5-11)20(21)22/h1-10H. The first-order valence-corrected chi connectivity index (χ1v) is 6.85. The van der Waals surface area contributed by atoms with E-state index in [-0.39, 0.29) is 5.69 Å². The molecular formula is C16H10ClN3O2. The fraction of sp³-hybridized carbons (Fsp3) is 0. The average Bonchev–Trinajstić information content (AvgIpc) is 2.54. The van der Waals surface area contributed by atoms with Gasteiger partial charge in [0.15, 0.2) is 0 Å². The van der Waals surface area contributed by atoms with E-state index in [4.69, 9.17) is 11.6 Å². The maximum Gasteiger partial charge on any atom is 0.269 e. The highest BCUT2D eigenvalue weighted by atomic mass is 35.5. The van der Waals surface area contributed by atoms with E-state index in [0.29, 0.717) is 5.15 Å². The van der Waals surface area contributed by atoms with Crippen LogP contribution in [0.5, 0.6) is 0 Å². The summed E-state index contributed by atoms with van der Waals surface area (Å²) in [6.07, 6.45) is 3.29. The second-order valence-corrected chi connectivity index (χ2v) is 4.94. The van der Waals surface area contributed by atoms with Crippen LogP contribution in [0.4, 0.5) is 11.4 Å². The Kier molecular flexibility index (Phi) is 3.80. The molecule has 1 heterocycles. The summed E-state index contributed by atoms with van der Waals surface area (Å²) in [4.78, 5) is 18.7. The van der Waals surface area contributed by atoms with E-state index in [1.807, 2.05) is 24.3 Å². The van der Waals surface area contributed by atoms with Crippen molar-refractivity contribution in [2.75, 3.05) is 0 Å². The summed E-state index contributed by atoms with van der Waals surface area (Å²) in [7, 11) is 0. The number of hydrogen-bond acceptors (Lipinski definition) is 4. The highest BCUT2D eigenvalue weighted by molar-refractivity contribution is 6.34. The van der Waals surface area contributed by atoms with Crippen molar-refractivity contribution in [3.05, 3.63) is 75.6 Å². The van der Waals surface area contributed by atoms with Crippen LogP contribution in [0.1, 0.15) is 5.56 Å². The second kappa shape index (κ2) is 5.91. The first kappa shape index (κ1) is 14.2. The Morgan fingerprint density at radius 3 is 2.59 bits per heavy atom. The molecule has 0 aliphatic heterocycles. The molecular weight excluding hydrogens is 302 g/mol. The summed E-state index contributed by atoms with van der Waals surface area (Å²) in [6, 6.07) is 13.7. The maximum absolute atomic E-state index is 10.6. The summed E-state index contributed by atoms with van der Waals surface area (Å²) in [5, 5.41) is 12.8. The summed E-state index contributed by atoms with van der Waals surface area (Å²) in [6.45, 7) is 0. The van der Waals surface area contributed by atoms with Gasteiger partial charge in [-0.05, 0) is 29.8 Å². The number of nitrogens with zero attached hydrogens (tertiary/aromatic N) is 3. The van der Waals surface area contributed by atoms with Gasteiger partial charge in [0.2, 0.25) is 0 Å². The van der Waals surface area contributed by atoms with Gasteiger partial charge < -0.3 is 0 Å². The number of pyridine rings is 1. The van der Waals surface area contributed by atoms with Gasteiger partial charge >= 0.3 is 0 Å². The predicted octanol–water partition coefficient (Wildman–Crippen LogP) is 4.55. The van der Waals surface area contributed by atoms with Gasteiger partial charge in [-0.15, -0.1) is 0 Å². The molecule has 0 atom stereocenters. The van der Waals surface area contributed by atoms with Crippen molar-refractivity contribution in [1.29, 1.82) is 0 Å². The fourth-order valence-corrected chi connectivity index (χ4v) is 2.31. The molecule has 0 bridgehead atoms. The van der Waals surface area contributed by atoms with Gasteiger partial charge in [-0.25, -0.2) is 4.98 Å². The number of benzene rings is 2. The number of non-ortho nitro benzene ring substituents is 1. The van der Waals surface area contributed by atoms with E-state index < -0.39 is 4.92 Å². The van der Waals surface area contributed by atoms with Crippen LogP contribution in [0.25, 0.3) is 10.8 Å². The first-order chi connectivity index (χ1) is 10.6. The van der Waals surface area contributed by atoms with Gasteiger partial charge in [-0.2, -0.15) is 0 Å². The lowest BCUT2D eigenvalue weighted by Crippen LogP contribution is -1.88. The van der Waals surface area contributed by atoms with Crippen LogP contribution in [0.3, 0.4) is 0 Å². The van der Waals surface area contributed by atoms with Crippen LogP contribution in [0.2, 0.25) is 5.15 Å². The molecule has 0 amide bonds. The smallest absolute Gasteiger partial charge is 0.258 e. The summed E-state index contributed by atoms with van der Waals surface area (Å²) in [5.74, 6) is 0. The normalized spacial score (nSPS) is 11.1. The highest BCUT2D eigenvalue weighted by Crippen LogP contribution is 2.29. The van der Waals surface area contributed by atoms with Crippen LogP contribution in [0, 0.1) is 10.1 Å². The van der Waals surface area contributed by atoms with Crippen LogP contribution < -0.4 is 0 Å². The predicted molar refractivity (Wildman–Crippen MR) is 87.1 cm³/mol. The number of nitro groups is 1. The lowest BCUT2D eigenvalue weighted by molar-refractivity contribution is -0.384. The number of fused-ring (bicyclic) bond motifs is 1. The highest BCUT2D eigenvalue weighted by Gasteiger charge is 2.04. The average molecular weight is 312 g/mol. The molecule has 0 spiro atoms. The van der Waals surface area contributed by atoms with Crippen LogP contribution in [0.15, 0.2) is 59.7 Å². The molecule has 6 heteroatoms. The molecule has 5 nitrogen and oxygen atoms in total. The number of nitro benzene ring substituents is 1. The molecule has 3 aromatic rings. The Hall–Kier alpha value is -2.79. The van der Waals surface area contributed by atoms with Crippen LogP contribution in [-0.4, -0.2) is 16.1 Å². The minimum Gasteiger partial charge on any atom is -0.258 e. The van der Waals surface area contributed by atoms with Gasteiger partial charge in [0.1, 0.15) is 5.15 Å². The molecule has 0 fully saturated rings. The van der Waals surface area contributed by atoms with E-state index in [9.17, 15) is 10.1 Å². The number of rotatable bonds is 3. The molecule has 0 radical (unpaired) electrons. The molecule has 0 aliphatic rings. The summed E-state index contributed by atoms with van der Waals surface area (Å²) >= 11 is 6.07. The molecule has 0 saturated carbocycles. The monoisotopic (exact) mass is 311 g/mol. The van der Waals surface area contributed by atoms with Gasteiger partial charge in [0.05, 0.1) is 10.6 Å². The van der Waals surface area contributed by atoms with E-state index in [1.54, 1.807) is 24.5 Å². The summed E-state index contributed by atoms with van der Waals surface area (Å²) < 4.78 is 0. The Morgan fingerprint density at radius 2 is 1.86 bits per heavy atom. The number of aliphatic imine (C=N–C) groups is 1. The largest absolute Gasteiger partial charge is 0.269 e. The molecule has 0 N–H and O–H groups in total. The van der Waals surface area contributed by atoms with Crippen molar-refractivity contribution < 1.29 is 4.92 Å². The Balaban J connectivity index is 1.96. The molecule has 2 aromatic carbocycles. The SMILES string of the molecule is O=[N+]([O-])c1ccc(C=Nc2cccc3c(Cl)nccc23)cc1. The van der Waals surface area contributed by atoms with E-state index in [2.05, 4.69) is 9.98 Å². The van der Waals surface area contributed by atoms with Crippen molar-refractivity contribution >= 4 is 40.0 Å². The topological polar surface area (TPSA) is 68.4 Å². The Bertz CT molecular complexity index is 876. The number of halogens is 1. The quantitative estimate of drug-likeness (QED) is 0.308. The van der Waals surface area contributed by atoms with Crippen molar-refractivity contribution in [2.24, 2.45) is 4.99 Å². The van der Waals surface area contributed by atoms with Gasteiger partial charge in [-0.3, -0.25) is 15.1 Å². The van der Waals surface area contributed by atoms with Crippen LogP contribution >= 0.6 is 11.6 Å². The zero-order chi connectivity index (χ0) is 15.5. The minimum atomic E-state index is -0.430. The van der Waals surface area contributed by atoms with Gasteiger partial charge in [0, 0.05) is 35.3 Å². The molecule has 0 aliphatic carbocycles. The second-order valence-electron chi connectivity index (χ2n) is 4.58. The third-order valence-electron chi connectivity index (χ3n) is 3.19. The number of hydrogen-bond donors (Lipinski definition) is 0. The molecule has 108 valence electrons. The molecule has 22 heavy (non-hydrogen) atoms. The molecule has 1 aromatic heterocycles. The third-order valence-corrected chi connectivity index (χ3v) is 3.49. The van der Waals surface area contributed by atoms with Crippen molar-refractivity contribution in [3.8, 4) is 0 Å². The Labute approximate surface area is 131 Å². The molecule has 3 rings (SSSR count). The lowest BCUT2D eigenvalue weighted by atomic mass is 10.1. The maximum atomic E-state index is 10.6. The van der Waals surface area contributed by atoms with Crippen molar-refractivity contribution in [2.45, 2.75) is 0 Å². The Morgan fingerprint density at radius 1 is 1.09 bits per heavy atom. The van der Waals surface area contributed by atoms with Gasteiger partial charge in [-0.1, -0.05) is 23.7 Å². The van der Waals surface area contributed by atoms with E-state index >= 15 is 0 Å². The minimum absolute atomic E-state index is 0.0557. The zero-order valence-electron chi connectivity index (χ0n) is 11.3. The fourth-order valence-electron chi connectivity index (χ4n) is 2.09. The van der Waals surface area contributed by atoms with E-state index in [0.717, 1.165) is 22.0 Å². The zero-order valence-corrected chi connectivity index (χ0v) is 12.1. The van der Waals surface area contributed by atoms with Crippen molar-refractivity contribution in [1.82, 2.24) is 4.98 Å². The summed E-state index contributed by atoms with van der Waals surface area (Å²) in [5.41, 5.74) is 1.60. The van der Waals surface area contributed by atoms with Gasteiger partial charge in [0.25, 0.3) is 5.69 Å². The molecule has 0 unspecified atom stereocenters. The van der Waals surface area contributed by atoms with Crippen LogP contribution in [-0.2, 0) is 0 Å². The van der Waals surface area contributed by atoms with E-state index in [1.165, 1.54) is 12.1 Å².